The fourth-order valence-electron chi connectivity index (χ4n) is 1.66. The molecule has 1 aromatic rings. The number of amides is 2. The van der Waals surface area contributed by atoms with Crippen LogP contribution in [0.25, 0.3) is 0 Å². The van der Waals surface area contributed by atoms with Crippen LogP contribution < -0.4 is 10.6 Å². The number of nitrogens with one attached hydrogen (secondary N) is 2. The first-order chi connectivity index (χ1) is 10.0. The summed E-state index contributed by atoms with van der Waals surface area (Å²) in [6.45, 7) is 5.38. The number of carboxylic acids is 1. The third-order valence-electron chi connectivity index (χ3n) is 2.80. The summed E-state index contributed by atoms with van der Waals surface area (Å²) in [5, 5.41) is 14.1. The highest BCUT2D eigenvalue weighted by Gasteiger charge is 2.13. The lowest BCUT2D eigenvalue weighted by molar-refractivity contribution is 0.0695. The van der Waals surface area contributed by atoms with Crippen LogP contribution in [0, 0.1) is 6.92 Å². The number of carbonyl (C=O) groups is 2. The van der Waals surface area contributed by atoms with Crippen LogP contribution in [0.1, 0.15) is 41.6 Å². The van der Waals surface area contributed by atoms with E-state index in [-0.39, 0.29) is 18.1 Å². The Kier molecular flexibility index (Phi) is 7.31. The maximum Gasteiger partial charge on any atom is 0.339 e. The van der Waals surface area contributed by atoms with E-state index in [1.165, 1.54) is 6.07 Å². The molecular formula is C14H22N2O5. The van der Waals surface area contributed by atoms with Gasteiger partial charge in [0.05, 0.1) is 13.2 Å². The molecule has 0 aliphatic rings. The molecule has 0 aliphatic heterocycles. The molecule has 1 rings (SSSR count). The summed E-state index contributed by atoms with van der Waals surface area (Å²) in [5.74, 6) is -0.320. The second kappa shape index (κ2) is 9.02. The van der Waals surface area contributed by atoms with E-state index in [4.69, 9.17) is 14.3 Å². The van der Waals surface area contributed by atoms with Gasteiger partial charge in [-0.05, 0) is 19.4 Å². The van der Waals surface area contributed by atoms with Gasteiger partial charge in [0.15, 0.2) is 0 Å². The van der Waals surface area contributed by atoms with E-state index in [1.54, 1.807) is 6.92 Å². The van der Waals surface area contributed by atoms with Gasteiger partial charge in [0, 0.05) is 13.2 Å². The SMILES string of the molecule is CCCCOCCNC(=O)NCc1cc(C(=O)O)c(C)o1. The van der Waals surface area contributed by atoms with Crippen LogP contribution in [0.5, 0.6) is 0 Å². The van der Waals surface area contributed by atoms with Crippen molar-refractivity contribution in [1.29, 1.82) is 0 Å². The molecule has 1 aromatic heterocycles. The Labute approximate surface area is 123 Å². The number of hydrogen-bond acceptors (Lipinski definition) is 4. The van der Waals surface area contributed by atoms with Crippen LogP contribution in [-0.2, 0) is 11.3 Å². The van der Waals surface area contributed by atoms with E-state index < -0.39 is 5.97 Å². The normalized spacial score (nSPS) is 10.4. The summed E-state index contributed by atoms with van der Waals surface area (Å²) in [5.41, 5.74) is 0.108. The van der Waals surface area contributed by atoms with E-state index in [1.807, 2.05) is 0 Å². The van der Waals surface area contributed by atoms with Gasteiger partial charge >= 0.3 is 12.0 Å². The number of unbranched alkanes of at least 4 members (excludes halogenated alkanes) is 1. The van der Waals surface area contributed by atoms with E-state index >= 15 is 0 Å². The summed E-state index contributed by atoms with van der Waals surface area (Å²) in [7, 11) is 0. The molecule has 0 bridgehead atoms. The minimum atomic E-state index is -1.05. The molecule has 7 heteroatoms. The van der Waals surface area contributed by atoms with E-state index in [2.05, 4.69) is 17.6 Å². The number of aryl methyl sites for hydroxylation is 1. The molecule has 2 amide bonds. The fraction of sp³-hybridized carbons (Fsp3) is 0.571. The van der Waals surface area contributed by atoms with Crippen molar-refractivity contribution in [2.45, 2.75) is 33.2 Å². The molecule has 0 aromatic carbocycles. The van der Waals surface area contributed by atoms with Gasteiger partial charge in [0.25, 0.3) is 0 Å². The second-order valence-electron chi connectivity index (χ2n) is 4.56. The summed E-state index contributed by atoms with van der Waals surface area (Å²) in [4.78, 5) is 22.3. The largest absolute Gasteiger partial charge is 0.478 e. The van der Waals surface area contributed by atoms with Crippen molar-refractivity contribution >= 4 is 12.0 Å². The standard InChI is InChI=1S/C14H22N2O5/c1-3-4-6-20-7-5-15-14(19)16-9-11-8-12(13(17)18)10(2)21-11/h8H,3-7,9H2,1-2H3,(H,17,18)(H2,15,16,19). The molecular weight excluding hydrogens is 276 g/mol. The molecule has 1 heterocycles. The first kappa shape index (κ1) is 17.0. The molecule has 0 aliphatic carbocycles. The number of aromatic carboxylic acids is 1. The van der Waals surface area contributed by atoms with E-state index in [0.29, 0.717) is 31.3 Å². The van der Waals surface area contributed by atoms with Gasteiger partial charge in [-0.2, -0.15) is 0 Å². The third-order valence-corrected chi connectivity index (χ3v) is 2.80. The van der Waals surface area contributed by atoms with Crippen LogP contribution in [-0.4, -0.2) is 36.9 Å². The fourth-order valence-corrected chi connectivity index (χ4v) is 1.66. The Morgan fingerprint density at radius 2 is 2.10 bits per heavy atom. The molecule has 0 atom stereocenters. The van der Waals surface area contributed by atoms with Crippen LogP contribution >= 0.6 is 0 Å². The quantitative estimate of drug-likeness (QED) is 0.604. The lowest BCUT2D eigenvalue weighted by Gasteiger charge is -2.07. The lowest BCUT2D eigenvalue weighted by atomic mass is 10.2. The van der Waals surface area contributed by atoms with Gasteiger partial charge < -0.3 is 24.9 Å². The minimum Gasteiger partial charge on any atom is -0.478 e. The minimum absolute atomic E-state index is 0.108. The molecule has 0 radical (unpaired) electrons. The van der Waals surface area contributed by atoms with Crippen LogP contribution in [0.4, 0.5) is 4.79 Å². The monoisotopic (exact) mass is 298 g/mol. The summed E-state index contributed by atoms with van der Waals surface area (Å²) >= 11 is 0. The zero-order valence-corrected chi connectivity index (χ0v) is 12.4. The highest BCUT2D eigenvalue weighted by atomic mass is 16.5. The van der Waals surface area contributed by atoms with Gasteiger partial charge in [-0.3, -0.25) is 0 Å². The second-order valence-corrected chi connectivity index (χ2v) is 4.56. The van der Waals surface area contributed by atoms with Crippen molar-refractivity contribution in [3.63, 3.8) is 0 Å². The van der Waals surface area contributed by atoms with E-state index in [9.17, 15) is 9.59 Å². The van der Waals surface area contributed by atoms with Gasteiger partial charge in [-0.1, -0.05) is 13.3 Å². The van der Waals surface area contributed by atoms with Crippen molar-refractivity contribution in [3.8, 4) is 0 Å². The Balaban J connectivity index is 2.21. The number of urea groups is 1. The summed E-state index contributed by atoms with van der Waals surface area (Å²) in [6, 6.07) is 1.06. The molecule has 7 nitrogen and oxygen atoms in total. The molecule has 3 N–H and O–H groups in total. The first-order valence-corrected chi connectivity index (χ1v) is 6.96. The van der Waals surface area contributed by atoms with Gasteiger partial charge in [0.2, 0.25) is 0 Å². The Morgan fingerprint density at radius 1 is 1.33 bits per heavy atom. The van der Waals surface area contributed by atoms with Crippen LogP contribution in [0.2, 0.25) is 0 Å². The average molecular weight is 298 g/mol. The molecule has 118 valence electrons. The topological polar surface area (TPSA) is 101 Å². The highest BCUT2D eigenvalue weighted by Crippen LogP contribution is 2.14. The molecule has 0 fully saturated rings. The summed E-state index contributed by atoms with van der Waals surface area (Å²) in [6.07, 6.45) is 2.09. The number of ether oxygens (including phenoxy) is 1. The molecule has 0 saturated carbocycles. The van der Waals surface area contributed by atoms with Gasteiger partial charge in [-0.15, -0.1) is 0 Å². The van der Waals surface area contributed by atoms with Crippen molar-refractivity contribution < 1.29 is 23.8 Å². The van der Waals surface area contributed by atoms with Crippen LogP contribution in [0.3, 0.4) is 0 Å². The maximum absolute atomic E-state index is 11.5. The lowest BCUT2D eigenvalue weighted by Crippen LogP contribution is -2.36. The van der Waals surface area contributed by atoms with Crippen molar-refractivity contribution in [2.75, 3.05) is 19.8 Å². The number of carbonyl (C=O) groups excluding carboxylic acids is 1. The summed E-state index contributed by atoms with van der Waals surface area (Å²) < 4.78 is 10.6. The zero-order valence-electron chi connectivity index (χ0n) is 12.4. The Bertz CT molecular complexity index is 470. The smallest absolute Gasteiger partial charge is 0.339 e. The number of carboxylic acid groups (broad SMARTS) is 1. The van der Waals surface area contributed by atoms with Gasteiger partial charge in [-0.25, -0.2) is 9.59 Å². The molecule has 0 unspecified atom stereocenters. The van der Waals surface area contributed by atoms with Gasteiger partial charge in [0.1, 0.15) is 17.1 Å². The highest BCUT2D eigenvalue weighted by molar-refractivity contribution is 5.88. The number of furan rings is 1. The Morgan fingerprint density at radius 3 is 2.71 bits per heavy atom. The third kappa shape index (κ3) is 6.31. The van der Waals surface area contributed by atoms with Crippen LogP contribution in [0.15, 0.2) is 10.5 Å². The molecule has 21 heavy (non-hydrogen) atoms. The number of hydrogen-bond donors (Lipinski definition) is 3. The predicted molar refractivity (Wildman–Crippen MR) is 76.4 cm³/mol. The predicted octanol–water partition coefficient (Wildman–Crippen LogP) is 1.90. The van der Waals surface area contributed by atoms with Crippen molar-refractivity contribution in [1.82, 2.24) is 10.6 Å². The molecule has 0 saturated heterocycles. The zero-order chi connectivity index (χ0) is 15.7. The average Bonchev–Trinajstić information content (AvgIpc) is 2.82. The van der Waals surface area contributed by atoms with Crippen molar-refractivity contribution in [2.24, 2.45) is 0 Å². The van der Waals surface area contributed by atoms with E-state index in [0.717, 1.165) is 12.8 Å². The molecule has 0 spiro atoms. The maximum atomic E-state index is 11.5. The first-order valence-electron chi connectivity index (χ1n) is 6.96. The Hall–Kier alpha value is -2.02. The number of rotatable bonds is 9. The van der Waals surface area contributed by atoms with Crippen molar-refractivity contribution in [3.05, 3.63) is 23.2 Å².